The number of hydrogen-bond donors (Lipinski definition) is 1. The van der Waals surface area contributed by atoms with Gasteiger partial charge >= 0.3 is 0 Å². The number of oxazole rings is 1. The van der Waals surface area contributed by atoms with Crippen LogP contribution in [0.25, 0.3) is 11.1 Å². The topological polar surface area (TPSA) is 52.0 Å². The number of rotatable bonds is 2. The van der Waals surface area contributed by atoms with Crippen molar-refractivity contribution in [2.24, 2.45) is 11.7 Å². The van der Waals surface area contributed by atoms with Gasteiger partial charge in [0.05, 0.1) is 0 Å². The maximum atomic E-state index is 5.79. The van der Waals surface area contributed by atoms with Crippen LogP contribution in [0.3, 0.4) is 0 Å². The fourth-order valence-corrected chi connectivity index (χ4v) is 2.50. The third-order valence-electron chi connectivity index (χ3n) is 3.36. The number of aromatic nitrogens is 1. The first kappa shape index (κ1) is 9.85. The average Bonchev–Trinajstić information content (AvgIpc) is 2.55. The van der Waals surface area contributed by atoms with Crippen molar-refractivity contribution in [1.82, 2.24) is 4.98 Å². The van der Waals surface area contributed by atoms with Crippen molar-refractivity contribution in [2.75, 3.05) is 0 Å². The zero-order valence-electron chi connectivity index (χ0n) is 9.44. The molecule has 1 aromatic carbocycles. The number of nitrogens with two attached hydrogens (primary N) is 1. The molecular formula is C13H16N2O. The highest BCUT2D eigenvalue weighted by Gasteiger charge is 2.25. The Morgan fingerprint density at radius 3 is 3.00 bits per heavy atom. The highest BCUT2D eigenvalue weighted by Crippen LogP contribution is 2.29. The van der Waals surface area contributed by atoms with Gasteiger partial charge in [0, 0.05) is 13.0 Å². The first-order valence-corrected chi connectivity index (χ1v) is 5.82. The standard InChI is InChI=1S/C13H16N2O/c1-8-15-12-7-9(2-3-13(12)16-8)4-10-5-11(14)6-10/h2-3,7,10-11H,4-6,14H2,1H3. The molecule has 1 fully saturated rings. The molecular weight excluding hydrogens is 200 g/mol. The molecule has 0 spiro atoms. The Morgan fingerprint density at radius 2 is 2.25 bits per heavy atom. The van der Waals surface area contributed by atoms with Crippen molar-refractivity contribution < 1.29 is 4.42 Å². The summed E-state index contributed by atoms with van der Waals surface area (Å²) in [5, 5.41) is 0. The Labute approximate surface area is 94.7 Å². The first-order valence-electron chi connectivity index (χ1n) is 5.82. The number of fused-ring (bicyclic) bond motifs is 1. The summed E-state index contributed by atoms with van der Waals surface area (Å²) in [7, 11) is 0. The zero-order valence-corrected chi connectivity index (χ0v) is 9.44. The van der Waals surface area contributed by atoms with Crippen LogP contribution in [-0.2, 0) is 6.42 Å². The number of nitrogens with zero attached hydrogens (tertiary/aromatic N) is 1. The molecule has 0 aliphatic heterocycles. The fourth-order valence-electron chi connectivity index (χ4n) is 2.50. The van der Waals surface area contributed by atoms with Gasteiger partial charge in [0.1, 0.15) is 5.52 Å². The minimum Gasteiger partial charge on any atom is -0.441 e. The van der Waals surface area contributed by atoms with E-state index in [1.807, 2.05) is 13.0 Å². The predicted octanol–water partition coefficient (Wildman–Crippen LogP) is 2.42. The molecule has 0 amide bonds. The van der Waals surface area contributed by atoms with E-state index in [1.165, 1.54) is 5.56 Å². The summed E-state index contributed by atoms with van der Waals surface area (Å²) in [5.74, 6) is 1.50. The van der Waals surface area contributed by atoms with Gasteiger partial charge in [0.15, 0.2) is 11.5 Å². The molecule has 0 atom stereocenters. The molecule has 3 rings (SSSR count). The summed E-state index contributed by atoms with van der Waals surface area (Å²) in [4.78, 5) is 4.35. The molecule has 0 radical (unpaired) electrons. The van der Waals surface area contributed by atoms with Crippen LogP contribution in [0.5, 0.6) is 0 Å². The molecule has 84 valence electrons. The van der Waals surface area contributed by atoms with Crippen molar-refractivity contribution in [2.45, 2.75) is 32.2 Å². The molecule has 0 unspecified atom stereocenters. The molecule has 2 aromatic rings. The second-order valence-corrected chi connectivity index (χ2v) is 4.84. The van der Waals surface area contributed by atoms with Gasteiger partial charge in [-0.1, -0.05) is 6.07 Å². The van der Waals surface area contributed by atoms with Gasteiger partial charge in [0.25, 0.3) is 0 Å². The van der Waals surface area contributed by atoms with Gasteiger partial charge in [0.2, 0.25) is 0 Å². The van der Waals surface area contributed by atoms with Crippen LogP contribution in [-0.4, -0.2) is 11.0 Å². The Balaban J connectivity index is 1.82. The lowest BCUT2D eigenvalue weighted by atomic mass is 9.77. The molecule has 0 saturated heterocycles. The van der Waals surface area contributed by atoms with Crippen LogP contribution < -0.4 is 5.73 Å². The van der Waals surface area contributed by atoms with Gasteiger partial charge in [-0.2, -0.15) is 0 Å². The number of hydrogen-bond acceptors (Lipinski definition) is 3. The third kappa shape index (κ3) is 1.71. The lowest BCUT2D eigenvalue weighted by Crippen LogP contribution is -2.37. The van der Waals surface area contributed by atoms with Crippen LogP contribution in [0.1, 0.15) is 24.3 Å². The van der Waals surface area contributed by atoms with Crippen LogP contribution >= 0.6 is 0 Å². The van der Waals surface area contributed by atoms with Gasteiger partial charge in [-0.3, -0.25) is 0 Å². The second-order valence-electron chi connectivity index (χ2n) is 4.84. The summed E-state index contributed by atoms with van der Waals surface area (Å²) in [5.41, 5.74) is 8.99. The molecule has 1 aliphatic rings. The van der Waals surface area contributed by atoms with Crippen molar-refractivity contribution in [3.05, 3.63) is 29.7 Å². The average molecular weight is 216 g/mol. The predicted molar refractivity (Wildman–Crippen MR) is 63.1 cm³/mol. The Kier molecular flexibility index (Phi) is 2.21. The summed E-state index contributed by atoms with van der Waals surface area (Å²) in [6.07, 6.45) is 3.45. The second kappa shape index (κ2) is 3.59. The lowest BCUT2D eigenvalue weighted by Gasteiger charge is -2.32. The fraction of sp³-hybridized carbons (Fsp3) is 0.462. The van der Waals surface area contributed by atoms with E-state index in [2.05, 4.69) is 17.1 Å². The van der Waals surface area contributed by atoms with E-state index in [0.29, 0.717) is 6.04 Å². The van der Waals surface area contributed by atoms with E-state index >= 15 is 0 Å². The van der Waals surface area contributed by atoms with Crippen molar-refractivity contribution >= 4 is 11.1 Å². The largest absolute Gasteiger partial charge is 0.441 e. The molecule has 1 heterocycles. The third-order valence-corrected chi connectivity index (χ3v) is 3.36. The van der Waals surface area contributed by atoms with Gasteiger partial charge in [-0.25, -0.2) is 4.98 Å². The smallest absolute Gasteiger partial charge is 0.192 e. The van der Waals surface area contributed by atoms with Crippen LogP contribution in [0.15, 0.2) is 22.6 Å². The van der Waals surface area contributed by atoms with E-state index in [4.69, 9.17) is 10.2 Å². The number of aryl methyl sites for hydroxylation is 1. The first-order chi connectivity index (χ1) is 7.70. The molecule has 3 heteroatoms. The molecule has 2 N–H and O–H groups in total. The van der Waals surface area contributed by atoms with E-state index in [0.717, 1.165) is 42.2 Å². The lowest BCUT2D eigenvalue weighted by molar-refractivity contribution is 0.264. The quantitative estimate of drug-likeness (QED) is 0.838. The van der Waals surface area contributed by atoms with E-state index in [9.17, 15) is 0 Å². The van der Waals surface area contributed by atoms with E-state index < -0.39 is 0 Å². The Bertz CT molecular complexity index is 512. The van der Waals surface area contributed by atoms with Gasteiger partial charge in [-0.05, 0) is 42.9 Å². The van der Waals surface area contributed by atoms with Crippen LogP contribution in [0, 0.1) is 12.8 Å². The zero-order chi connectivity index (χ0) is 11.1. The van der Waals surface area contributed by atoms with Crippen molar-refractivity contribution in [1.29, 1.82) is 0 Å². The van der Waals surface area contributed by atoms with Gasteiger partial charge in [-0.15, -0.1) is 0 Å². The van der Waals surface area contributed by atoms with E-state index in [1.54, 1.807) is 0 Å². The molecule has 16 heavy (non-hydrogen) atoms. The monoisotopic (exact) mass is 216 g/mol. The van der Waals surface area contributed by atoms with Crippen molar-refractivity contribution in [3.8, 4) is 0 Å². The van der Waals surface area contributed by atoms with Gasteiger partial charge < -0.3 is 10.2 Å². The Hall–Kier alpha value is -1.35. The minimum absolute atomic E-state index is 0.433. The molecule has 1 aliphatic carbocycles. The van der Waals surface area contributed by atoms with Crippen molar-refractivity contribution in [3.63, 3.8) is 0 Å². The summed E-state index contributed by atoms with van der Waals surface area (Å²) < 4.78 is 5.45. The molecule has 3 nitrogen and oxygen atoms in total. The maximum absolute atomic E-state index is 5.79. The SMILES string of the molecule is Cc1nc2cc(CC3CC(N)C3)ccc2o1. The number of benzene rings is 1. The minimum atomic E-state index is 0.433. The molecule has 0 bridgehead atoms. The van der Waals surface area contributed by atoms with E-state index in [-0.39, 0.29) is 0 Å². The highest BCUT2D eigenvalue weighted by atomic mass is 16.3. The summed E-state index contributed by atoms with van der Waals surface area (Å²) >= 11 is 0. The normalized spacial score (nSPS) is 24.6. The van der Waals surface area contributed by atoms with Crippen LogP contribution in [0.2, 0.25) is 0 Å². The summed E-state index contributed by atoms with van der Waals surface area (Å²) in [6.45, 7) is 1.88. The summed E-state index contributed by atoms with van der Waals surface area (Å²) in [6, 6.07) is 6.72. The highest BCUT2D eigenvalue weighted by molar-refractivity contribution is 5.73. The maximum Gasteiger partial charge on any atom is 0.192 e. The Morgan fingerprint density at radius 1 is 1.44 bits per heavy atom. The molecule has 1 aromatic heterocycles. The molecule has 1 saturated carbocycles. The van der Waals surface area contributed by atoms with Crippen LogP contribution in [0.4, 0.5) is 0 Å².